The van der Waals surface area contributed by atoms with Crippen LogP contribution in [0.25, 0.3) is 6.08 Å². The Morgan fingerprint density at radius 2 is 1.86 bits per heavy atom. The van der Waals surface area contributed by atoms with Gasteiger partial charge in [0.05, 0.1) is 0 Å². The third-order valence-electron chi connectivity index (χ3n) is 4.87. The molecule has 1 heterocycles. The summed E-state index contributed by atoms with van der Waals surface area (Å²) in [5.41, 5.74) is 1.76. The van der Waals surface area contributed by atoms with Crippen molar-refractivity contribution < 1.29 is 13.6 Å². The van der Waals surface area contributed by atoms with Crippen LogP contribution in [0.1, 0.15) is 24.0 Å². The van der Waals surface area contributed by atoms with Crippen LogP contribution in [0.5, 0.6) is 0 Å². The van der Waals surface area contributed by atoms with Crippen molar-refractivity contribution in [1.29, 1.82) is 0 Å². The fraction of sp³-hybridized carbons (Fsp3) is 0.318. The molecule has 0 unspecified atom stereocenters. The molecule has 0 aromatic heterocycles. The Balaban J connectivity index is 1.43. The number of hydrogen-bond acceptors (Lipinski definition) is 3. The van der Waals surface area contributed by atoms with Crippen molar-refractivity contribution in [2.24, 2.45) is 0 Å². The van der Waals surface area contributed by atoms with Gasteiger partial charge in [0.2, 0.25) is 5.91 Å². The van der Waals surface area contributed by atoms with Crippen LogP contribution in [0.2, 0.25) is 0 Å². The van der Waals surface area contributed by atoms with Gasteiger partial charge in [-0.2, -0.15) is 0 Å². The maximum atomic E-state index is 13.3. The average Bonchev–Trinajstić information content (AvgIpc) is 2.71. The molecule has 1 amide bonds. The topological polar surface area (TPSA) is 32.3 Å². The zero-order valence-corrected chi connectivity index (χ0v) is 16.6. The molecule has 1 fully saturated rings. The number of halogens is 2. The van der Waals surface area contributed by atoms with Gasteiger partial charge in [0.25, 0.3) is 0 Å². The Morgan fingerprint density at radius 3 is 2.50 bits per heavy atom. The molecule has 148 valence electrons. The monoisotopic (exact) mass is 402 g/mol. The minimum Gasteiger partial charge on any atom is -0.350 e. The van der Waals surface area contributed by atoms with Crippen LogP contribution >= 0.6 is 11.8 Å². The predicted octanol–water partition coefficient (Wildman–Crippen LogP) is 4.48. The van der Waals surface area contributed by atoms with E-state index in [9.17, 15) is 13.6 Å². The minimum absolute atomic E-state index is 0.0898. The van der Waals surface area contributed by atoms with Crippen molar-refractivity contribution in [3.63, 3.8) is 0 Å². The summed E-state index contributed by atoms with van der Waals surface area (Å²) in [5, 5.41) is 3.05. The maximum absolute atomic E-state index is 13.3. The van der Waals surface area contributed by atoms with Crippen LogP contribution in [-0.4, -0.2) is 36.2 Å². The fourth-order valence-corrected chi connectivity index (χ4v) is 3.68. The van der Waals surface area contributed by atoms with Gasteiger partial charge in [0, 0.05) is 36.6 Å². The molecule has 1 aliphatic rings. The second-order valence-corrected chi connectivity index (χ2v) is 7.79. The summed E-state index contributed by atoms with van der Waals surface area (Å²) in [6.45, 7) is 2.21. The molecule has 1 saturated heterocycles. The van der Waals surface area contributed by atoms with Crippen molar-refractivity contribution >= 4 is 23.7 Å². The van der Waals surface area contributed by atoms with Gasteiger partial charge >= 0.3 is 0 Å². The first-order valence-corrected chi connectivity index (χ1v) is 10.5. The van der Waals surface area contributed by atoms with E-state index in [0.29, 0.717) is 6.54 Å². The van der Waals surface area contributed by atoms with Crippen molar-refractivity contribution in [3.05, 3.63) is 71.3 Å². The van der Waals surface area contributed by atoms with E-state index in [4.69, 9.17) is 0 Å². The summed E-state index contributed by atoms with van der Waals surface area (Å²) >= 11 is 1.68. The Morgan fingerprint density at radius 1 is 1.14 bits per heavy atom. The molecule has 2 aromatic rings. The number of carbonyl (C=O) groups excluding carboxylic acids is 1. The number of rotatable bonds is 6. The molecule has 1 aliphatic heterocycles. The van der Waals surface area contributed by atoms with E-state index in [-0.39, 0.29) is 11.9 Å². The largest absolute Gasteiger partial charge is 0.350 e. The summed E-state index contributed by atoms with van der Waals surface area (Å²) in [4.78, 5) is 15.5. The number of hydrogen-bond donors (Lipinski definition) is 1. The lowest BCUT2D eigenvalue weighted by atomic mass is 10.0. The average molecular weight is 403 g/mol. The summed E-state index contributed by atoms with van der Waals surface area (Å²) in [6, 6.07) is 12.2. The van der Waals surface area contributed by atoms with E-state index in [2.05, 4.69) is 10.2 Å². The molecule has 0 aliphatic carbocycles. The van der Waals surface area contributed by atoms with Crippen LogP contribution in [0.3, 0.4) is 0 Å². The van der Waals surface area contributed by atoms with Gasteiger partial charge in [0.15, 0.2) is 11.6 Å². The highest BCUT2D eigenvalue weighted by Gasteiger charge is 2.20. The summed E-state index contributed by atoms with van der Waals surface area (Å²) in [7, 11) is 0. The van der Waals surface area contributed by atoms with Gasteiger partial charge in [-0.25, -0.2) is 8.78 Å². The van der Waals surface area contributed by atoms with Gasteiger partial charge < -0.3 is 5.32 Å². The third-order valence-corrected chi connectivity index (χ3v) is 5.61. The third kappa shape index (κ3) is 5.91. The highest BCUT2D eigenvalue weighted by atomic mass is 32.2. The number of nitrogens with zero attached hydrogens (tertiary/aromatic N) is 1. The normalized spacial score (nSPS) is 15.8. The lowest BCUT2D eigenvalue weighted by Crippen LogP contribution is -2.43. The standard InChI is InChI=1S/C22H24F2N2OS/c1-28-19-6-2-16(3-7-19)5-9-22(27)25-18-10-12-26(13-11-18)15-17-4-8-20(23)21(24)14-17/h2-9,14,18H,10-13,15H2,1H3,(H,25,27)/b9-5+. The molecule has 1 N–H and O–H groups in total. The van der Waals surface area contributed by atoms with Gasteiger partial charge in [0.1, 0.15) is 0 Å². The molecule has 0 bridgehead atoms. The molecule has 0 saturated carbocycles. The molecule has 0 atom stereocenters. The van der Waals surface area contributed by atoms with E-state index < -0.39 is 11.6 Å². The summed E-state index contributed by atoms with van der Waals surface area (Å²) in [5.74, 6) is -1.72. The number of piperidine rings is 1. The van der Waals surface area contributed by atoms with Gasteiger partial charge in [-0.1, -0.05) is 18.2 Å². The second-order valence-electron chi connectivity index (χ2n) is 6.91. The molecule has 3 nitrogen and oxygen atoms in total. The molecule has 6 heteroatoms. The summed E-state index contributed by atoms with van der Waals surface area (Å²) < 4.78 is 26.3. The molecular formula is C22H24F2N2OS. The number of thioether (sulfide) groups is 1. The lowest BCUT2D eigenvalue weighted by Gasteiger charge is -2.32. The number of benzene rings is 2. The van der Waals surface area contributed by atoms with Crippen LogP contribution in [0, 0.1) is 11.6 Å². The number of likely N-dealkylation sites (tertiary alicyclic amines) is 1. The minimum atomic E-state index is -0.821. The Bertz CT molecular complexity index is 831. The first kappa shape index (κ1) is 20.6. The lowest BCUT2D eigenvalue weighted by molar-refractivity contribution is -0.117. The van der Waals surface area contributed by atoms with Gasteiger partial charge in [-0.15, -0.1) is 11.8 Å². The van der Waals surface area contributed by atoms with E-state index in [1.54, 1.807) is 23.9 Å². The van der Waals surface area contributed by atoms with Crippen molar-refractivity contribution in [1.82, 2.24) is 10.2 Å². The molecular weight excluding hydrogens is 378 g/mol. The van der Waals surface area contributed by atoms with Crippen LogP contribution in [-0.2, 0) is 11.3 Å². The van der Waals surface area contributed by atoms with E-state index in [0.717, 1.165) is 37.1 Å². The Labute approximate surface area is 168 Å². The number of nitrogens with one attached hydrogen (secondary N) is 1. The Kier molecular flexibility index (Phi) is 7.23. The van der Waals surface area contributed by atoms with Crippen LogP contribution < -0.4 is 5.32 Å². The van der Waals surface area contributed by atoms with Crippen molar-refractivity contribution in [2.75, 3.05) is 19.3 Å². The van der Waals surface area contributed by atoms with E-state index >= 15 is 0 Å². The quantitative estimate of drug-likeness (QED) is 0.571. The predicted molar refractivity (Wildman–Crippen MR) is 110 cm³/mol. The van der Waals surface area contributed by atoms with E-state index in [1.165, 1.54) is 17.0 Å². The Hall–Kier alpha value is -2.18. The highest BCUT2D eigenvalue weighted by Crippen LogP contribution is 2.17. The van der Waals surface area contributed by atoms with E-state index in [1.807, 2.05) is 36.6 Å². The van der Waals surface area contributed by atoms with Gasteiger partial charge in [-0.3, -0.25) is 9.69 Å². The zero-order chi connectivity index (χ0) is 19.9. The zero-order valence-electron chi connectivity index (χ0n) is 15.8. The van der Waals surface area contributed by atoms with Gasteiger partial charge in [-0.05, 0) is 60.6 Å². The first-order valence-electron chi connectivity index (χ1n) is 9.32. The fourth-order valence-electron chi connectivity index (χ4n) is 3.27. The molecule has 3 rings (SSSR count). The molecule has 2 aromatic carbocycles. The second kappa shape index (κ2) is 9.85. The maximum Gasteiger partial charge on any atom is 0.244 e. The number of amides is 1. The van der Waals surface area contributed by atoms with Crippen LogP contribution in [0.4, 0.5) is 8.78 Å². The van der Waals surface area contributed by atoms with Crippen molar-refractivity contribution in [3.8, 4) is 0 Å². The smallest absolute Gasteiger partial charge is 0.244 e. The van der Waals surface area contributed by atoms with Crippen molar-refractivity contribution in [2.45, 2.75) is 30.3 Å². The first-order chi connectivity index (χ1) is 13.5. The number of carbonyl (C=O) groups is 1. The molecule has 0 spiro atoms. The summed E-state index contributed by atoms with van der Waals surface area (Å²) in [6.07, 6.45) is 7.10. The molecule has 0 radical (unpaired) electrons. The van der Waals surface area contributed by atoms with Crippen LogP contribution in [0.15, 0.2) is 53.4 Å². The molecule has 28 heavy (non-hydrogen) atoms. The highest BCUT2D eigenvalue weighted by molar-refractivity contribution is 7.98. The SMILES string of the molecule is CSc1ccc(/C=C/C(=O)NC2CCN(Cc3ccc(F)c(F)c3)CC2)cc1.